The third-order valence-corrected chi connectivity index (χ3v) is 3.54. The molecule has 4 nitrogen and oxygen atoms in total. The molecule has 0 saturated carbocycles. The Labute approximate surface area is 124 Å². The number of allylic oxidation sites excluding steroid dienone is 1. The first-order chi connectivity index (χ1) is 9.78. The van der Waals surface area contributed by atoms with Crippen molar-refractivity contribution in [1.29, 1.82) is 5.26 Å². The van der Waals surface area contributed by atoms with Gasteiger partial charge in [0.1, 0.15) is 6.07 Å². The maximum atomic E-state index is 9.30. The van der Waals surface area contributed by atoms with Gasteiger partial charge in [0.2, 0.25) is 6.79 Å². The number of fused-ring (bicyclic) bond motifs is 1. The molecule has 1 aromatic carbocycles. The third-order valence-electron chi connectivity index (χ3n) is 2.85. The van der Waals surface area contributed by atoms with Crippen molar-refractivity contribution >= 4 is 27.6 Å². The second-order valence-electron chi connectivity index (χ2n) is 4.11. The highest BCUT2D eigenvalue weighted by Gasteiger charge is 2.16. The van der Waals surface area contributed by atoms with E-state index in [0.717, 1.165) is 10.0 Å². The summed E-state index contributed by atoms with van der Waals surface area (Å²) in [7, 11) is 0. The summed E-state index contributed by atoms with van der Waals surface area (Å²) in [5.74, 6) is 1.38. The quantitative estimate of drug-likeness (QED) is 0.790. The minimum atomic E-state index is 0.223. The fourth-order valence-corrected chi connectivity index (χ4v) is 2.32. The summed E-state index contributed by atoms with van der Waals surface area (Å²) in [5.41, 5.74) is 1.97. The summed E-state index contributed by atoms with van der Waals surface area (Å²) in [5, 5.41) is 9.30. The first-order valence-corrected chi connectivity index (χ1v) is 6.69. The molecule has 5 heteroatoms. The van der Waals surface area contributed by atoms with E-state index in [4.69, 9.17) is 9.47 Å². The van der Waals surface area contributed by atoms with Crippen LogP contribution in [0.3, 0.4) is 0 Å². The van der Waals surface area contributed by atoms with E-state index >= 15 is 0 Å². The molecule has 0 atom stereocenters. The molecule has 3 rings (SSSR count). The molecule has 0 amide bonds. The predicted molar refractivity (Wildman–Crippen MR) is 78.0 cm³/mol. The Morgan fingerprint density at radius 3 is 2.80 bits per heavy atom. The lowest BCUT2D eigenvalue weighted by molar-refractivity contribution is 0.174. The summed E-state index contributed by atoms with van der Waals surface area (Å²) >= 11 is 3.47. The SMILES string of the molecule is N#CC(=Cc1cc2c(cc1Br)OCO2)c1ccccn1. The molecule has 0 spiro atoms. The van der Waals surface area contributed by atoms with E-state index in [1.54, 1.807) is 18.3 Å². The summed E-state index contributed by atoms with van der Waals surface area (Å²) < 4.78 is 11.5. The topological polar surface area (TPSA) is 55.1 Å². The van der Waals surface area contributed by atoms with Crippen molar-refractivity contribution in [3.63, 3.8) is 0 Å². The minimum Gasteiger partial charge on any atom is -0.454 e. The lowest BCUT2D eigenvalue weighted by Crippen LogP contribution is -1.92. The Morgan fingerprint density at radius 2 is 2.10 bits per heavy atom. The van der Waals surface area contributed by atoms with Crippen LogP contribution in [-0.2, 0) is 0 Å². The van der Waals surface area contributed by atoms with E-state index in [1.165, 1.54) is 0 Å². The zero-order valence-electron chi connectivity index (χ0n) is 10.3. The van der Waals surface area contributed by atoms with Crippen LogP contribution >= 0.6 is 15.9 Å². The van der Waals surface area contributed by atoms with Crippen molar-refractivity contribution in [3.8, 4) is 17.6 Å². The Kier molecular flexibility index (Phi) is 3.40. The van der Waals surface area contributed by atoms with Crippen molar-refractivity contribution in [2.75, 3.05) is 6.79 Å². The highest BCUT2D eigenvalue weighted by atomic mass is 79.9. The summed E-state index contributed by atoms with van der Waals surface area (Å²) in [6, 6.07) is 11.3. The van der Waals surface area contributed by atoms with Gasteiger partial charge in [0.05, 0.1) is 11.3 Å². The van der Waals surface area contributed by atoms with E-state index in [9.17, 15) is 5.26 Å². The monoisotopic (exact) mass is 328 g/mol. The molecule has 0 fully saturated rings. The maximum Gasteiger partial charge on any atom is 0.231 e. The van der Waals surface area contributed by atoms with Crippen molar-refractivity contribution in [2.45, 2.75) is 0 Å². The molecule has 2 heterocycles. The van der Waals surface area contributed by atoms with E-state index in [1.807, 2.05) is 24.3 Å². The van der Waals surface area contributed by atoms with E-state index in [-0.39, 0.29) is 6.79 Å². The molecule has 1 aliphatic heterocycles. The van der Waals surface area contributed by atoms with Gasteiger partial charge in [-0.2, -0.15) is 5.26 Å². The van der Waals surface area contributed by atoms with Crippen LogP contribution < -0.4 is 9.47 Å². The number of hydrogen-bond acceptors (Lipinski definition) is 4. The molecule has 0 radical (unpaired) electrons. The van der Waals surface area contributed by atoms with E-state index < -0.39 is 0 Å². The van der Waals surface area contributed by atoms with Crippen LogP contribution in [0, 0.1) is 11.3 Å². The van der Waals surface area contributed by atoms with Gasteiger partial charge in [0.15, 0.2) is 11.5 Å². The van der Waals surface area contributed by atoms with Crippen molar-refractivity contribution in [3.05, 3.63) is 52.3 Å². The minimum absolute atomic E-state index is 0.223. The van der Waals surface area contributed by atoms with Crippen LogP contribution in [0.15, 0.2) is 41.0 Å². The molecule has 1 aromatic heterocycles. The summed E-state index contributed by atoms with van der Waals surface area (Å²) in [4.78, 5) is 4.19. The van der Waals surface area contributed by atoms with Gasteiger partial charge in [-0.1, -0.05) is 22.0 Å². The second-order valence-corrected chi connectivity index (χ2v) is 4.97. The number of hydrogen-bond donors (Lipinski definition) is 0. The standard InChI is InChI=1S/C15H9BrN2O2/c16-12-7-15-14(19-9-20-15)6-10(12)5-11(8-17)13-3-1-2-4-18-13/h1-7H,9H2. The fraction of sp³-hybridized carbons (Fsp3) is 0.0667. The van der Waals surface area contributed by atoms with Crippen molar-refractivity contribution < 1.29 is 9.47 Å². The Balaban J connectivity index is 2.05. The maximum absolute atomic E-state index is 9.30. The van der Waals surface area contributed by atoms with Gasteiger partial charge in [0.25, 0.3) is 0 Å². The highest BCUT2D eigenvalue weighted by Crippen LogP contribution is 2.38. The fourth-order valence-electron chi connectivity index (χ4n) is 1.88. The average molecular weight is 329 g/mol. The molecule has 98 valence electrons. The van der Waals surface area contributed by atoms with Gasteiger partial charge < -0.3 is 9.47 Å². The van der Waals surface area contributed by atoms with Gasteiger partial charge in [0, 0.05) is 10.7 Å². The van der Waals surface area contributed by atoms with Gasteiger partial charge >= 0.3 is 0 Å². The van der Waals surface area contributed by atoms with Crippen LogP contribution in [0.1, 0.15) is 11.3 Å². The third kappa shape index (κ3) is 2.38. The number of nitriles is 1. The first-order valence-electron chi connectivity index (χ1n) is 5.90. The van der Waals surface area contributed by atoms with Crippen molar-refractivity contribution in [2.24, 2.45) is 0 Å². The number of pyridine rings is 1. The molecule has 0 bridgehead atoms. The normalized spacial score (nSPS) is 13.1. The van der Waals surface area contributed by atoms with Crippen LogP contribution in [-0.4, -0.2) is 11.8 Å². The van der Waals surface area contributed by atoms with Gasteiger partial charge in [-0.15, -0.1) is 0 Å². The lowest BCUT2D eigenvalue weighted by Gasteiger charge is -2.03. The van der Waals surface area contributed by atoms with Crippen LogP contribution in [0.4, 0.5) is 0 Å². The zero-order valence-corrected chi connectivity index (χ0v) is 11.9. The molecule has 20 heavy (non-hydrogen) atoms. The molecule has 0 saturated heterocycles. The molecule has 0 aliphatic carbocycles. The van der Waals surface area contributed by atoms with Gasteiger partial charge in [-0.25, -0.2) is 0 Å². The van der Waals surface area contributed by atoms with Gasteiger partial charge in [-0.05, 0) is 35.9 Å². The largest absolute Gasteiger partial charge is 0.454 e. The Hall–Kier alpha value is -2.32. The first kappa shape index (κ1) is 12.7. The predicted octanol–water partition coefficient (Wildman–Crippen LogP) is 3.64. The second kappa shape index (κ2) is 5.35. The smallest absolute Gasteiger partial charge is 0.231 e. The van der Waals surface area contributed by atoms with Gasteiger partial charge in [-0.3, -0.25) is 4.98 Å². The number of halogens is 1. The summed E-state index contributed by atoms with van der Waals surface area (Å²) in [6.45, 7) is 0.223. The number of aromatic nitrogens is 1. The molecule has 1 aliphatic rings. The molecule has 0 unspecified atom stereocenters. The van der Waals surface area contributed by atoms with Crippen molar-refractivity contribution in [1.82, 2.24) is 4.98 Å². The Bertz CT molecular complexity index is 721. The number of benzene rings is 1. The van der Waals surface area contributed by atoms with Crippen LogP contribution in [0.5, 0.6) is 11.5 Å². The van der Waals surface area contributed by atoms with Crippen LogP contribution in [0.25, 0.3) is 11.6 Å². The molecule has 2 aromatic rings. The highest BCUT2D eigenvalue weighted by molar-refractivity contribution is 9.10. The van der Waals surface area contributed by atoms with E-state index in [0.29, 0.717) is 22.8 Å². The average Bonchev–Trinajstić information content (AvgIpc) is 2.92. The van der Waals surface area contributed by atoms with E-state index in [2.05, 4.69) is 27.0 Å². The summed E-state index contributed by atoms with van der Waals surface area (Å²) in [6.07, 6.45) is 3.43. The molecular formula is C15H9BrN2O2. The van der Waals surface area contributed by atoms with Crippen LogP contribution in [0.2, 0.25) is 0 Å². The number of rotatable bonds is 2. The zero-order chi connectivity index (χ0) is 13.9. The molecule has 0 N–H and O–H groups in total. The number of ether oxygens (including phenoxy) is 2. The Morgan fingerprint density at radius 1 is 1.30 bits per heavy atom. The lowest BCUT2D eigenvalue weighted by atomic mass is 10.1. The number of nitrogens with zero attached hydrogens (tertiary/aromatic N) is 2. The molecular weight excluding hydrogens is 320 g/mol.